The van der Waals surface area contributed by atoms with Gasteiger partial charge in [0.2, 0.25) is 0 Å². The van der Waals surface area contributed by atoms with Crippen molar-refractivity contribution in [2.45, 2.75) is 25.8 Å². The van der Waals surface area contributed by atoms with Gasteiger partial charge in [-0.25, -0.2) is 9.78 Å². The highest BCUT2D eigenvalue weighted by Crippen LogP contribution is 2.34. The maximum atomic E-state index is 12.6. The van der Waals surface area contributed by atoms with Gasteiger partial charge in [-0.3, -0.25) is 4.79 Å². The Balaban J connectivity index is 2.02. The molecule has 1 aliphatic rings. The van der Waals surface area contributed by atoms with Crippen molar-refractivity contribution in [1.82, 2.24) is 9.88 Å². The first-order chi connectivity index (χ1) is 9.99. The molecule has 6 nitrogen and oxygen atoms in total. The molecule has 7 heteroatoms. The van der Waals surface area contributed by atoms with Gasteiger partial charge in [-0.1, -0.05) is 0 Å². The van der Waals surface area contributed by atoms with Crippen LogP contribution in [-0.4, -0.2) is 39.5 Å². The lowest BCUT2D eigenvalue weighted by Gasteiger charge is -2.20. The topological polar surface area (TPSA) is 96.5 Å². The Bertz CT molecular complexity index is 740. The highest BCUT2D eigenvalue weighted by atomic mass is 32.1. The number of carboxylic acids is 1. The molecule has 1 amide bonds. The van der Waals surface area contributed by atoms with E-state index >= 15 is 0 Å². The van der Waals surface area contributed by atoms with E-state index in [1.165, 1.54) is 16.2 Å². The zero-order valence-corrected chi connectivity index (χ0v) is 12.3. The molecule has 1 saturated heterocycles. The molecule has 0 aliphatic carbocycles. The third kappa shape index (κ3) is 2.23. The van der Waals surface area contributed by atoms with Crippen molar-refractivity contribution < 1.29 is 14.7 Å². The van der Waals surface area contributed by atoms with Crippen LogP contribution in [0.15, 0.2) is 12.1 Å². The van der Waals surface area contributed by atoms with E-state index < -0.39 is 12.0 Å². The number of nitrogens with zero attached hydrogens (tertiary/aromatic N) is 2. The zero-order valence-electron chi connectivity index (χ0n) is 11.5. The molecule has 21 heavy (non-hydrogen) atoms. The number of aliphatic carboxylic acids is 1. The van der Waals surface area contributed by atoms with Gasteiger partial charge in [0.15, 0.2) is 0 Å². The number of carboxylic acid groups (broad SMARTS) is 1. The normalized spacial score (nSPS) is 18.3. The maximum absolute atomic E-state index is 12.6. The number of rotatable bonds is 2. The molecule has 2 aromatic rings. The fraction of sp³-hybridized carbons (Fsp3) is 0.357. The standard InChI is InChI=1S/C14H15N3O3S/c1-7-4-5-8-10(15)11(21-12(8)16-7)13(18)17-6-2-3-9(17)14(19)20/h4-5,9H,2-3,6,15H2,1H3,(H,19,20). The molecule has 3 rings (SSSR count). The Kier molecular flexibility index (Phi) is 3.29. The van der Waals surface area contributed by atoms with Crippen LogP contribution in [0.4, 0.5) is 5.69 Å². The van der Waals surface area contributed by atoms with Gasteiger partial charge < -0.3 is 15.7 Å². The first kappa shape index (κ1) is 13.8. The summed E-state index contributed by atoms with van der Waals surface area (Å²) < 4.78 is 0. The van der Waals surface area contributed by atoms with Crippen LogP contribution in [0.2, 0.25) is 0 Å². The number of likely N-dealkylation sites (tertiary alicyclic amines) is 1. The molecule has 0 radical (unpaired) electrons. The van der Waals surface area contributed by atoms with Crippen molar-refractivity contribution >= 4 is 39.1 Å². The number of aryl methyl sites for hydroxylation is 1. The number of pyridine rings is 1. The van der Waals surface area contributed by atoms with Gasteiger partial charge in [0.25, 0.3) is 5.91 Å². The number of carbonyl (C=O) groups is 2. The van der Waals surface area contributed by atoms with Crippen LogP contribution < -0.4 is 5.73 Å². The van der Waals surface area contributed by atoms with Crippen molar-refractivity contribution in [1.29, 1.82) is 0 Å². The Labute approximate surface area is 125 Å². The van der Waals surface area contributed by atoms with E-state index in [-0.39, 0.29) is 5.91 Å². The van der Waals surface area contributed by atoms with Crippen molar-refractivity contribution in [2.75, 3.05) is 12.3 Å². The minimum atomic E-state index is -0.963. The van der Waals surface area contributed by atoms with Gasteiger partial charge in [0.1, 0.15) is 15.7 Å². The van der Waals surface area contributed by atoms with Gasteiger partial charge in [0.05, 0.1) is 5.69 Å². The molecule has 1 aliphatic heterocycles. The van der Waals surface area contributed by atoms with E-state index in [4.69, 9.17) is 5.73 Å². The number of nitrogen functional groups attached to an aromatic ring is 1. The van der Waals surface area contributed by atoms with Crippen LogP contribution in [-0.2, 0) is 4.79 Å². The van der Waals surface area contributed by atoms with Crippen molar-refractivity contribution in [3.63, 3.8) is 0 Å². The molecule has 1 unspecified atom stereocenters. The number of aromatic nitrogens is 1. The lowest BCUT2D eigenvalue weighted by molar-refractivity contribution is -0.141. The second-order valence-corrected chi connectivity index (χ2v) is 6.14. The van der Waals surface area contributed by atoms with Crippen LogP contribution >= 0.6 is 11.3 Å². The summed E-state index contributed by atoms with van der Waals surface area (Å²) in [4.78, 5) is 30.7. The molecule has 3 N–H and O–H groups in total. The molecule has 0 bridgehead atoms. The number of nitrogens with two attached hydrogens (primary N) is 1. The Morgan fingerprint density at radius 2 is 2.24 bits per heavy atom. The zero-order chi connectivity index (χ0) is 15.1. The van der Waals surface area contributed by atoms with E-state index in [0.717, 1.165) is 11.1 Å². The Morgan fingerprint density at radius 1 is 1.48 bits per heavy atom. The average Bonchev–Trinajstić information content (AvgIpc) is 3.03. The molecule has 1 atom stereocenters. The summed E-state index contributed by atoms with van der Waals surface area (Å²) in [5, 5.41) is 9.94. The van der Waals surface area contributed by atoms with Gasteiger partial charge in [-0.15, -0.1) is 11.3 Å². The number of hydrogen-bond donors (Lipinski definition) is 2. The first-order valence-electron chi connectivity index (χ1n) is 6.68. The molecule has 0 spiro atoms. The predicted molar refractivity (Wildman–Crippen MR) is 80.5 cm³/mol. The Morgan fingerprint density at radius 3 is 2.95 bits per heavy atom. The van der Waals surface area contributed by atoms with Crippen molar-refractivity contribution in [2.24, 2.45) is 0 Å². The number of hydrogen-bond acceptors (Lipinski definition) is 5. The second-order valence-electron chi connectivity index (χ2n) is 5.15. The number of anilines is 1. The average molecular weight is 305 g/mol. The predicted octanol–water partition coefficient (Wildman–Crippen LogP) is 1.88. The molecule has 3 heterocycles. The van der Waals surface area contributed by atoms with E-state index in [0.29, 0.717) is 34.8 Å². The summed E-state index contributed by atoms with van der Waals surface area (Å²) in [7, 11) is 0. The highest BCUT2D eigenvalue weighted by Gasteiger charge is 2.36. The van der Waals surface area contributed by atoms with Crippen LogP contribution in [0.25, 0.3) is 10.2 Å². The largest absolute Gasteiger partial charge is 0.480 e. The van der Waals surface area contributed by atoms with Gasteiger partial charge in [-0.05, 0) is 31.9 Å². The second kappa shape index (κ2) is 5.00. The summed E-state index contributed by atoms with van der Waals surface area (Å²) in [6, 6.07) is 2.94. The quantitative estimate of drug-likeness (QED) is 0.883. The van der Waals surface area contributed by atoms with Gasteiger partial charge in [0, 0.05) is 17.6 Å². The lowest BCUT2D eigenvalue weighted by atomic mass is 10.2. The van der Waals surface area contributed by atoms with Crippen LogP contribution in [0.3, 0.4) is 0 Å². The van der Waals surface area contributed by atoms with Gasteiger partial charge in [-0.2, -0.15) is 0 Å². The summed E-state index contributed by atoms with van der Waals surface area (Å²) >= 11 is 1.23. The van der Waals surface area contributed by atoms with Crippen molar-refractivity contribution in [3.8, 4) is 0 Å². The van der Waals surface area contributed by atoms with Crippen LogP contribution in [0.5, 0.6) is 0 Å². The number of amides is 1. The summed E-state index contributed by atoms with van der Waals surface area (Å²) in [5.74, 6) is -1.27. The summed E-state index contributed by atoms with van der Waals surface area (Å²) in [5.41, 5.74) is 7.30. The number of thiophene rings is 1. The monoisotopic (exact) mass is 305 g/mol. The van der Waals surface area contributed by atoms with Crippen LogP contribution in [0.1, 0.15) is 28.2 Å². The lowest BCUT2D eigenvalue weighted by Crippen LogP contribution is -2.40. The molecular weight excluding hydrogens is 290 g/mol. The SMILES string of the molecule is Cc1ccc2c(N)c(C(=O)N3CCCC3C(=O)O)sc2n1. The highest BCUT2D eigenvalue weighted by molar-refractivity contribution is 7.21. The molecule has 0 saturated carbocycles. The molecule has 1 fully saturated rings. The smallest absolute Gasteiger partial charge is 0.326 e. The summed E-state index contributed by atoms with van der Waals surface area (Å²) in [6.07, 6.45) is 1.19. The third-order valence-electron chi connectivity index (χ3n) is 3.73. The maximum Gasteiger partial charge on any atom is 0.326 e. The van der Waals surface area contributed by atoms with E-state index in [1.54, 1.807) is 0 Å². The van der Waals surface area contributed by atoms with E-state index in [1.807, 2.05) is 19.1 Å². The molecular formula is C14H15N3O3S. The van der Waals surface area contributed by atoms with E-state index in [2.05, 4.69) is 4.98 Å². The fourth-order valence-corrected chi connectivity index (χ4v) is 3.74. The first-order valence-corrected chi connectivity index (χ1v) is 7.50. The van der Waals surface area contributed by atoms with Crippen molar-refractivity contribution in [3.05, 3.63) is 22.7 Å². The Hall–Kier alpha value is -2.15. The molecule has 110 valence electrons. The number of carbonyl (C=O) groups excluding carboxylic acids is 1. The minimum Gasteiger partial charge on any atom is -0.480 e. The minimum absolute atomic E-state index is 0.307. The molecule has 0 aromatic carbocycles. The molecule has 2 aromatic heterocycles. The third-order valence-corrected chi connectivity index (χ3v) is 4.83. The fourth-order valence-electron chi connectivity index (χ4n) is 2.65. The van der Waals surface area contributed by atoms with Gasteiger partial charge >= 0.3 is 5.97 Å². The summed E-state index contributed by atoms with van der Waals surface area (Å²) in [6.45, 7) is 2.33. The van der Waals surface area contributed by atoms with E-state index in [9.17, 15) is 14.7 Å². The van der Waals surface area contributed by atoms with Crippen LogP contribution in [0, 0.1) is 6.92 Å². The number of fused-ring (bicyclic) bond motifs is 1.